The second-order valence-corrected chi connectivity index (χ2v) is 5.54. The highest BCUT2D eigenvalue weighted by atomic mass is 19.1. The van der Waals surface area contributed by atoms with E-state index in [0.717, 1.165) is 17.7 Å². The van der Waals surface area contributed by atoms with Gasteiger partial charge in [-0.1, -0.05) is 44.2 Å². The van der Waals surface area contributed by atoms with Crippen molar-refractivity contribution < 1.29 is 13.6 Å². The van der Waals surface area contributed by atoms with Crippen LogP contribution in [0.4, 0.5) is 14.5 Å². The Balaban J connectivity index is 1.93. The highest BCUT2D eigenvalue weighted by Gasteiger charge is 2.11. The molecule has 2 nitrogen and oxygen atoms in total. The summed E-state index contributed by atoms with van der Waals surface area (Å²) in [6.45, 7) is 4.23. The summed E-state index contributed by atoms with van der Waals surface area (Å²) in [7, 11) is 0. The van der Waals surface area contributed by atoms with E-state index in [2.05, 4.69) is 19.2 Å². The molecule has 0 fully saturated rings. The molecular formula is C18H19F2NO. The summed E-state index contributed by atoms with van der Waals surface area (Å²) in [5, 5.41) is 2.29. The van der Waals surface area contributed by atoms with Crippen LogP contribution in [-0.2, 0) is 11.2 Å². The van der Waals surface area contributed by atoms with E-state index < -0.39 is 17.5 Å². The van der Waals surface area contributed by atoms with Crippen molar-refractivity contribution in [3.05, 3.63) is 65.2 Å². The maximum absolute atomic E-state index is 13.4. The molecule has 116 valence electrons. The fourth-order valence-electron chi connectivity index (χ4n) is 2.15. The van der Waals surface area contributed by atoms with Crippen LogP contribution in [0.1, 0.15) is 37.3 Å². The zero-order valence-electron chi connectivity index (χ0n) is 12.7. The summed E-state index contributed by atoms with van der Waals surface area (Å²) in [5.74, 6) is -1.48. The van der Waals surface area contributed by atoms with Crippen molar-refractivity contribution in [3.63, 3.8) is 0 Å². The maximum atomic E-state index is 13.4. The van der Waals surface area contributed by atoms with E-state index in [1.165, 1.54) is 11.6 Å². The molecular weight excluding hydrogens is 284 g/mol. The third-order valence-electron chi connectivity index (χ3n) is 3.51. The summed E-state index contributed by atoms with van der Waals surface area (Å²) < 4.78 is 26.9. The number of amides is 1. The van der Waals surface area contributed by atoms with Gasteiger partial charge in [0.1, 0.15) is 17.3 Å². The van der Waals surface area contributed by atoms with Crippen LogP contribution in [-0.4, -0.2) is 5.91 Å². The molecule has 0 aromatic heterocycles. The van der Waals surface area contributed by atoms with Gasteiger partial charge in [0, 0.05) is 6.42 Å². The van der Waals surface area contributed by atoms with Gasteiger partial charge in [-0.25, -0.2) is 8.78 Å². The lowest BCUT2D eigenvalue weighted by molar-refractivity contribution is -0.116. The van der Waals surface area contributed by atoms with Gasteiger partial charge in [-0.05, 0) is 35.6 Å². The molecule has 0 unspecified atom stereocenters. The highest BCUT2D eigenvalue weighted by Crippen LogP contribution is 2.19. The van der Waals surface area contributed by atoms with Gasteiger partial charge in [0.05, 0.1) is 0 Å². The molecule has 0 atom stereocenters. The molecule has 0 aliphatic carbocycles. The Hall–Kier alpha value is -2.23. The Kier molecular flexibility index (Phi) is 5.26. The second kappa shape index (κ2) is 7.16. The summed E-state index contributed by atoms with van der Waals surface area (Å²) in [5.41, 5.74) is 1.87. The Morgan fingerprint density at radius 3 is 2.18 bits per heavy atom. The average molecular weight is 303 g/mol. The Morgan fingerprint density at radius 1 is 1.05 bits per heavy atom. The van der Waals surface area contributed by atoms with Crippen molar-refractivity contribution in [1.29, 1.82) is 0 Å². The van der Waals surface area contributed by atoms with Crippen LogP contribution in [0.2, 0.25) is 0 Å². The molecule has 0 bridgehead atoms. The number of anilines is 1. The third-order valence-corrected chi connectivity index (χ3v) is 3.51. The second-order valence-electron chi connectivity index (χ2n) is 5.54. The fraction of sp³-hybridized carbons (Fsp3) is 0.278. The zero-order chi connectivity index (χ0) is 16.1. The topological polar surface area (TPSA) is 29.1 Å². The van der Waals surface area contributed by atoms with Crippen LogP contribution in [0.3, 0.4) is 0 Å². The van der Waals surface area contributed by atoms with Gasteiger partial charge < -0.3 is 5.32 Å². The van der Waals surface area contributed by atoms with Crippen LogP contribution < -0.4 is 5.32 Å². The van der Waals surface area contributed by atoms with Gasteiger partial charge >= 0.3 is 0 Å². The van der Waals surface area contributed by atoms with Gasteiger partial charge in [-0.2, -0.15) is 0 Å². The highest BCUT2D eigenvalue weighted by molar-refractivity contribution is 5.91. The summed E-state index contributed by atoms with van der Waals surface area (Å²) >= 11 is 0. The first kappa shape index (κ1) is 16.1. The van der Waals surface area contributed by atoms with Crippen LogP contribution in [0.5, 0.6) is 0 Å². The van der Waals surface area contributed by atoms with E-state index in [1.54, 1.807) is 0 Å². The van der Waals surface area contributed by atoms with Crippen LogP contribution in [0, 0.1) is 11.6 Å². The standard InChI is InChI=1S/C18H19F2NO/c1-12(2)14-9-6-13(7-10-14)8-11-17(22)21-18-15(19)4-3-5-16(18)20/h3-7,9-10,12H,8,11H2,1-2H3,(H,21,22). The first-order valence-electron chi connectivity index (χ1n) is 7.30. The lowest BCUT2D eigenvalue weighted by Gasteiger charge is -2.09. The normalized spacial score (nSPS) is 10.8. The molecule has 2 aromatic rings. The number of halogens is 2. The Labute approximate surface area is 129 Å². The molecule has 0 saturated carbocycles. The first-order valence-corrected chi connectivity index (χ1v) is 7.30. The molecule has 1 N–H and O–H groups in total. The quantitative estimate of drug-likeness (QED) is 0.855. The zero-order valence-corrected chi connectivity index (χ0v) is 12.7. The van der Waals surface area contributed by atoms with Gasteiger partial charge in [0.15, 0.2) is 0 Å². The molecule has 4 heteroatoms. The van der Waals surface area contributed by atoms with Crippen molar-refractivity contribution in [2.75, 3.05) is 5.32 Å². The average Bonchev–Trinajstić information content (AvgIpc) is 2.49. The minimum atomic E-state index is -0.769. The van der Waals surface area contributed by atoms with Crippen molar-refractivity contribution in [2.45, 2.75) is 32.6 Å². The summed E-state index contributed by atoms with van der Waals surface area (Å²) in [4.78, 5) is 11.8. The van der Waals surface area contributed by atoms with E-state index in [0.29, 0.717) is 12.3 Å². The Bertz CT molecular complexity index is 630. The molecule has 0 heterocycles. The van der Waals surface area contributed by atoms with Crippen molar-refractivity contribution in [1.82, 2.24) is 0 Å². The smallest absolute Gasteiger partial charge is 0.224 e. The van der Waals surface area contributed by atoms with Gasteiger partial charge in [0.2, 0.25) is 5.91 Å². The van der Waals surface area contributed by atoms with Crippen LogP contribution in [0.25, 0.3) is 0 Å². The van der Waals surface area contributed by atoms with Gasteiger partial charge in [-0.15, -0.1) is 0 Å². The Morgan fingerprint density at radius 2 is 1.64 bits per heavy atom. The van der Waals surface area contributed by atoms with E-state index in [1.807, 2.05) is 24.3 Å². The number of benzene rings is 2. The number of para-hydroxylation sites is 1. The number of hydrogen-bond donors (Lipinski definition) is 1. The van der Waals surface area contributed by atoms with Gasteiger partial charge in [-0.3, -0.25) is 4.79 Å². The van der Waals surface area contributed by atoms with Crippen molar-refractivity contribution in [2.24, 2.45) is 0 Å². The van der Waals surface area contributed by atoms with Crippen LogP contribution >= 0.6 is 0 Å². The predicted molar refractivity (Wildman–Crippen MR) is 83.8 cm³/mol. The largest absolute Gasteiger partial charge is 0.321 e. The number of nitrogens with one attached hydrogen (secondary N) is 1. The molecule has 0 spiro atoms. The number of aryl methyl sites for hydroxylation is 1. The number of carbonyl (C=O) groups is 1. The molecule has 0 aliphatic rings. The van der Waals surface area contributed by atoms with E-state index in [4.69, 9.17) is 0 Å². The molecule has 1 amide bonds. The monoisotopic (exact) mass is 303 g/mol. The lowest BCUT2D eigenvalue weighted by Crippen LogP contribution is -2.14. The van der Waals surface area contributed by atoms with E-state index in [-0.39, 0.29) is 12.1 Å². The van der Waals surface area contributed by atoms with E-state index >= 15 is 0 Å². The van der Waals surface area contributed by atoms with Crippen molar-refractivity contribution >= 4 is 11.6 Å². The molecule has 2 rings (SSSR count). The molecule has 0 radical (unpaired) electrons. The number of hydrogen-bond acceptors (Lipinski definition) is 1. The SMILES string of the molecule is CC(C)c1ccc(CCC(=O)Nc2c(F)cccc2F)cc1. The molecule has 22 heavy (non-hydrogen) atoms. The molecule has 0 saturated heterocycles. The molecule has 0 aliphatic heterocycles. The van der Waals surface area contributed by atoms with Gasteiger partial charge in [0.25, 0.3) is 0 Å². The lowest BCUT2D eigenvalue weighted by atomic mass is 10.0. The molecule has 2 aromatic carbocycles. The minimum Gasteiger partial charge on any atom is -0.321 e. The summed E-state index contributed by atoms with van der Waals surface area (Å²) in [6.07, 6.45) is 0.703. The van der Waals surface area contributed by atoms with E-state index in [9.17, 15) is 13.6 Å². The van der Waals surface area contributed by atoms with Crippen LogP contribution in [0.15, 0.2) is 42.5 Å². The maximum Gasteiger partial charge on any atom is 0.224 e. The summed E-state index contributed by atoms with van der Waals surface area (Å²) in [6, 6.07) is 11.5. The van der Waals surface area contributed by atoms with Crippen molar-refractivity contribution in [3.8, 4) is 0 Å². The minimum absolute atomic E-state index is 0.175. The first-order chi connectivity index (χ1) is 10.5. The number of carbonyl (C=O) groups excluding carboxylic acids is 1. The third kappa shape index (κ3) is 4.13. The fourth-order valence-corrected chi connectivity index (χ4v) is 2.15. The predicted octanol–water partition coefficient (Wildman–Crippen LogP) is 4.66. The number of rotatable bonds is 5.